The van der Waals surface area contributed by atoms with Crippen LogP contribution in [0.5, 0.6) is 17.5 Å². The summed E-state index contributed by atoms with van der Waals surface area (Å²) in [5, 5.41) is 24.3. The monoisotopic (exact) mass is 446 g/mol. The Balaban J connectivity index is 1.29. The molecule has 7 nitrogen and oxygen atoms in total. The van der Waals surface area contributed by atoms with Gasteiger partial charge in [-0.25, -0.2) is 4.39 Å². The van der Waals surface area contributed by atoms with Crippen molar-refractivity contribution in [3.8, 4) is 17.5 Å². The third-order valence-electron chi connectivity index (χ3n) is 6.32. The summed E-state index contributed by atoms with van der Waals surface area (Å²) in [5.41, 5.74) is 2.19. The van der Waals surface area contributed by atoms with Crippen molar-refractivity contribution in [2.24, 2.45) is 0 Å². The summed E-state index contributed by atoms with van der Waals surface area (Å²) >= 11 is 0. The lowest BCUT2D eigenvalue weighted by Crippen LogP contribution is -2.46. The van der Waals surface area contributed by atoms with Gasteiger partial charge in [-0.15, -0.1) is 0 Å². The van der Waals surface area contributed by atoms with Crippen molar-refractivity contribution in [2.45, 2.75) is 52.1 Å². The molecule has 1 aromatic carbocycles. The molecule has 0 bridgehead atoms. The van der Waals surface area contributed by atoms with Gasteiger partial charge in [0.2, 0.25) is 5.88 Å². The zero-order valence-corrected chi connectivity index (χ0v) is 19.1. The fourth-order valence-electron chi connectivity index (χ4n) is 4.27. The predicted molar refractivity (Wildman–Crippen MR) is 125 cm³/mol. The predicted octanol–water partition coefficient (Wildman–Crippen LogP) is 3.92. The zero-order chi connectivity index (χ0) is 22.7. The van der Waals surface area contributed by atoms with E-state index in [4.69, 9.17) is 4.74 Å². The number of hydrogen-bond acceptors (Lipinski definition) is 6. The van der Waals surface area contributed by atoms with Crippen molar-refractivity contribution in [1.82, 2.24) is 9.47 Å². The van der Waals surface area contributed by atoms with Gasteiger partial charge in [-0.3, -0.25) is 9.47 Å². The van der Waals surface area contributed by atoms with Crippen LogP contribution in [0.2, 0.25) is 0 Å². The third-order valence-corrected chi connectivity index (χ3v) is 6.32. The van der Waals surface area contributed by atoms with Crippen molar-refractivity contribution < 1.29 is 19.3 Å². The molecule has 2 heterocycles. The van der Waals surface area contributed by atoms with Crippen LogP contribution in [0.1, 0.15) is 38.2 Å². The van der Waals surface area contributed by atoms with E-state index in [0.29, 0.717) is 30.4 Å². The maximum Gasteiger partial charge on any atom is 0.218 e. The number of anilines is 2. The van der Waals surface area contributed by atoms with Gasteiger partial charge in [0.1, 0.15) is 17.3 Å². The Morgan fingerprint density at radius 3 is 2.53 bits per heavy atom. The second-order valence-corrected chi connectivity index (χ2v) is 8.86. The normalized spacial score (nSPS) is 17.0. The summed E-state index contributed by atoms with van der Waals surface area (Å²) in [6, 6.07) is 5.15. The van der Waals surface area contributed by atoms with Gasteiger partial charge >= 0.3 is 0 Å². The maximum absolute atomic E-state index is 13.9. The lowest BCUT2D eigenvalue weighted by molar-refractivity contribution is 0.245. The van der Waals surface area contributed by atoms with Gasteiger partial charge < -0.3 is 25.2 Å². The first-order chi connectivity index (χ1) is 15.5. The zero-order valence-electron chi connectivity index (χ0n) is 19.1. The van der Waals surface area contributed by atoms with E-state index in [1.807, 2.05) is 6.92 Å². The second kappa shape index (κ2) is 9.90. The first kappa shape index (κ1) is 22.6. The van der Waals surface area contributed by atoms with Crippen molar-refractivity contribution >= 4 is 11.4 Å². The summed E-state index contributed by atoms with van der Waals surface area (Å²) < 4.78 is 21.3. The van der Waals surface area contributed by atoms with Crippen LogP contribution in [0.3, 0.4) is 0 Å². The minimum absolute atomic E-state index is 0.127. The molecule has 1 aliphatic heterocycles. The van der Waals surface area contributed by atoms with Crippen molar-refractivity contribution in [3.63, 3.8) is 0 Å². The van der Waals surface area contributed by atoms with Crippen LogP contribution in [-0.4, -0.2) is 65.1 Å². The fraction of sp³-hybridized carbons (Fsp3) is 0.583. The first-order valence-electron chi connectivity index (χ1n) is 11.7. The number of aromatic nitrogens is 1. The minimum Gasteiger partial charge on any atom is -0.494 e. The average molecular weight is 447 g/mol. The Hall–Kier alpha value is -2.61. The van der Waals surface area contributed by atoms with Gasteiger partial charge in [-0.2, -0.15) is 0 Å². The molecule has 2 fully saturated rings. The Kier molecular flexibility index (Phi) is 6.98. The molecule has 1 saturated heterocycles. The number of ether oxygens (including phenoxy) is 1. The maximum atomic E-state index is 13.9. The van der Waals surface area contributed by atoms with E-state index in [9.17, 15) is 14.6 Å². The summed E-state index contributed by atoms with van der Waals surface area (Å²) in [4.78, 5) is 4.56. The summed E-state index contributed by atoms with van der Waals surface area (Å²) in [7, 11) is 0. The van der Waals surface area contributed by atoms with E-state index in [-0.39, 0.29) is 17.6 Å². The number of nitrogens with one attached hydrogen (secondary N) is 1. The quantitative estimate of drug-likeness (QED) is 0.514. The topological polar surface area (TPSA) is 73.1 Å². The van der Waals surface area contributed by atoms with Crippen molar-refractivity contribution in [1.29, 1.82) is 0 Å². The molecule has 0 radical (unpaired) electrons. The molecule has 0 spiro atoms. The van der Waals surface area contributed by atoms with Crippen molar-refractivity contribution in [2.75, 3.05) is 49.5 Å². The number of hydrogen-bond donors (Lipinski definition) is 3. The van der Waals surface area contributed by atoms with E-state index >= 15 is 0 Å². The van der Waals surface area contributed by atoms with E-state index in [0.717, 1.165) is 69.8 Å². The van der Waals surface area contributed by atoms with Crippen LogP contribution in [0.4, 0.5) is 15.8 Å². The number of rotatable bonds is 10. The Morgan fingerprint density at radius 2 is 1.84 bits per heavy atom. The smallest absolute Gasteiger partial charge is 0.218 e. The van der Waals surface area contributed by atoms with Gasteiger partial charge in [-0.05, 0) is 51.3 Å². The molecule has 176 valence electrons. The molecule has 2 aliphatic rings. The van der Waals surface area contributed by atoms with Crippen LogP contribution in [0.25, 0.3) is 0 Å². The molecule has 0 unspecified atom stereocenters. The summed E-state index contributed by atoms with van der Waals surface area (Å²) in [6.45, 7) is 9.31. The third kappa shape index (κ3) is 5.06. The molecule has 4 rings (SSSR count). The average Bonchev–Trinajstić information content (AvgIpc) is 3.60. The highest BCUT2D eigenvalue weighted by molar-refractivity contribution is 5.65. The SMILES string of the molecule is CCCOc1ccc(F)cc1N1CCN(CCCn2c(O)c(C)c(NC3CC3)c2O)CC1. The highest BCUT2D eigenvalue weighted by Gasteiger charge is 2.27. The van der Waals surface area contributed by atoms with Gasteiger partial charge in [0.25, 0.3) is 0 Å². The van der Waals surface area contributed by atoms with E-state index < -0.39 is 0 Å². The van der Waals surface area contributed by atoms with Crippen LogP contribution >= 0.6 is 0 Å². The molecule has 0 amide bonds. The molecular weight excluding hydrogens is 411 g/mol. The lowest BCUT2D eigenvalue weighted by atomic mass is 10.2. The van der Waals surface area contributed by atoms with Gasteiger partial charge in [0.05, 0.1) is 12.3 Å². The van der Waals surface area contributed by atoms with Crippen LogP contribution in [-0.2, 0) is 6.54 Å². The van der Waals surface area contributed by atoms with E-state index in [2.05, 4.69) is 22.0 Å². The van der Waals surface area contributed by atoms with Gasteiger partial charge in [0, 0.05) is 50.4 Å². The van der Waals surface area contributed by atoms with Crippen molar-refractivity contribution in [3.05, 3.63) is 29.6 Å². The Morgan fingerprint density at radius 1 is 1.09 bits per heavy atom. The standard InChI is InChI=1S/C24H35FN4O3/c1-3-15-32-21-8-5-18(25)16-20(21)28-13-11-27(12-14-28)9-4-10-29-23(30)17(2)22(24(29)31)26-19-6-7-19/h5,8,16,19,26,30-31H,3-4,6-7,9-15H2,1-2H3. The van der Waals surface area contributed by atoms with Crippen LogP contribution in [0.15, 0.2) is 18.2 Å². The summed E-state index contributed by atoms with van der Waals surface area (Å²) in [6.07, 6.45) is 3.95. The molecule has 1 saturated carbocycles. The molecule has 1 aromatic heterocycles. The first-order valence-corrected chi connectivity index (χ1v) is 11.7. The molecular formula is C24H35FN4O3. The lowest BCUT2D eigenvalue weighted by Gasteiger charge is -2.36. The van der Waals surface area contributed by atoms with E-state index in [1.165, 1.54) is 6.07 Å². The summed E-state index contributed by atoms with van der Waals surface area (Å²) in [5.74, 6) is 0.762. The molecule has 1 aliphatic carbocycles. The minimum atomic E-state index is -0.247. The molecule has 32 heavy (non-hydrogen) atoms. The van der Waals surface area contributed by atoms with Gasteiger partial charge in [0.15, 0.2) is 5.88 Å². The Bertz CT molecular complexity index is 920. The molecule has 8 heteroatoms. The van der Waals surface area contributed by atoms with Gasteiger partial charge in [-0.1, -0.05) is 6.92 Å². The Labute approximate surface area is 189 Å². The number of benzene rings is 1. The highest BCUT2D eigenvalue weighted by Crippen LogP contribution is 2.40. The largest absolute Gasteiger partial charge is 0.494 e. The number of aromatic hydroxyl groups is 2. The number of piperazine rings is 1. The molecule has 2 aromatic rings. The fourth-order valence-corrected chi connectivity index (χ4v) is 4.27. The van der Waals surface area contributed by atoms with Crippen LogP contribution in [0, 0.1) is 12.7 Å². The van der Waals surface area contributed by atoms with E-state index in [1.54, 1.807) is 16.7 Å². The number of halogens is 1. The highest BCUT2D eigenvalue weighted by atomic mass is 19.1. The number of nitrogens with zero attached hydrogens (tertiary/aromatic N) is 3. The molecule has 3 N–H and O–H groups in total. The molecule has 0 atom stereocenters. The second-order valence-electron chi connectivity index (χ2n) is 8.86. The van der Waals surface area contributed by atoms with Crippen LogP contribution < -0.4 is 15.0 Å².